The van der Waals surface area contributed by atoms with E-state index in [2.05, 4.69) is 26.2 Å². The fourth-order valence-electron chi connectivity index (χ4n) is 1.53. The van der Waals surface area contributed by atoms with Crippen molar-refractivity contribution in [3.63, 3.8) is 0 Å². The molecule has 0 fully saturated rings. The molecule has 2 aromatic rings. The van der Waals surface area contributed by atoms with Gasteiger partial charge >= 0.3 is 0 Å². The summed E-state index contributed by atoms with van der Waals surface area (Å²) >= 11 is 3.40. The van der Waals surface area contributed by atoms with E-state index < -0.39 is 0 Å². The summed E-state index contributed by atoms with van der Waals surface area (Å²) in [5.41, 5.74) is 1.87. The van der Waals surface area contributed by atoms with Gasteiger partial charge in [0.1, 0.15) is 0 Å². The van der Waals surface area contributed by atoms with Gasteiger partial charge in [-0.15, -0.1) is 0 Å². The Bertz CT molecular complexity index is 499. The van der Waals surface area contributed by atoms with E-state index in [0.717, 1.165) is 21.1 Å². The van der Waals surface area contributed by atoms with Gasteiger partial charge in [0.2, 0.25) is 0 Å². The topological polar surface area (TPSA) is 45.1 Å². The van der Waals surface area contributed by atoms with Crippen LogP contribution in [-0.4, -0.2) is 22.7 Å². The Kier molecular flexibility index (Phi) is 3.41. The van der Waals surface area contributed by atoms with Crippen molar-refractivity contribution in [2.75, 3.05) is 11.9 Å². The van der Waals surface area contributed by atoms with E-state index in [1.807, 2.05) is 24.3 Å². The highest BCUT2D eigenvalue weighted by Crippen LogP contribution is 2.23. The Morgan fingerprint density at radius 2 is 2.31 bits per heavy atom. The zero-order valence-corrected chi connectivity index (χ0v) is 10.5. The minimum Gasteiger partial charge on any atom is -0.392 e. The standard InChI is InChI=1S/C12H13BrN2O/c1-8(16)6-14-11-4-2-3-9-5-10(13)7-15-12(9)11/h2-5,7-8,14,16H,6H2,1H3/t8-/m0/s1. The number of hydrogen-bond donors (Lipinski definition) is 2. The van der Waals surface area contributed by atoms with Crippen molar-refractivity contribution in [2.24, 2.45) is 0 Å². The van der Waals surface area contributed by atoms with E-state index in [1.165, 1.54) is 0 Å². The number of pyridine rings is 1. The van der Waals surface area contributed by atoms with Crippen LogP contribution in [0.15, 0.2) is 34.9 Å². The smallest absolute Gasteiger partial charge is 0.0934 e. The maximum atomic E-state index is 9.24. The lowest BCUT2D eigenvalue weighted by Crippen LogP contribution is -2.15. The Morgan fingerprint density at radius 3 is 3.06 bits per heavy atom. The maximum absolute atomic E-state index is 9.24. The zero-order chi connectivity index (χ0) is 11.5. The number of nitrogens with zero attached hydrogens (tertiary/aromatic N) is 1. The van der Waals surface area contributed by atoms with Crippen molar-refractivity contribution >= 4 is 32.5 Å². The highest BCUT2D eigenvalue weighted by molar-refractivity contribution is 9.10. The SMILES string of the molecule is C[C@H](O)CNc1cccc2cc(Br)cnc12. The minimum absolute atomic E-state index is 0.370. The monoisotopic (exact) mass is 280 g/mol. The Balaban J connectivity index is 2.38. The van der Waals surface area contributed by atoms with Crippen molar-refractivity contribution in [1.29, 1.82) is 0 Å². The number of halogens is 1. The second-order valence-corrected chi connectivity index (χ2v) is 4.68. The number of hydrogen-bond acceptors (Lipinski definition) is 3. The number of benzene rings is 1. The number of aliphatic hydroxyl groups excluding tert-OH is 1. The number of nitrogens with one attached hydrogen (secondary N) is 1. The molecule has 0 amide bonds. The molecule has 0 bridgehead atoms. The molecule has 0 radical (unpaired) electrons. The summed E-state index contributed by atoms with van der Waals surface area (Å²) < 4.78 is 0.965. The molecule has 1 aromatic heterocycles. The summed E-state index contributed by atoms with van der Waals surface area (Å²) in [5.74, 6) is 0. The first kappa shape index (κ1) is 11.4. The first-order valence-corrected chi connectivity index (χ1v) is 5.92. The van der Waals surface area contributed by atoms with Crippen LogP contribution in [0.2, 0.25) is 0 Å². The molecule has 84 valence electrons. The van der Waals surface area contributed by atoms with E-state index in [0.29, 0.717) is 6.54 Å². The zero-order valence-electron chi connectivity index (χ0n) is 8.94. The van der Waals surface area contributed by atoms with Crippen LogP contribution in [0, 0.1) is 0 Å². The van der Waals surface area contributed by atoms with E-state index in [-0.39, 0.29) is 6.10 Å². The van der Waals surface area contributed by atoms with Crippen LogP contribution in [0.5, 0.6) is 0 Å². The number of rotatable bonds is 3. The van der Waals surface area contributed by atoms with Crippen LogP contribution in [0.3, 0.4) is 0 Å². The highest BCUT2D eigenvalue weighted by atomic mass is 79.9. The molecule has 3 nitrogen and oxygen atoms in total. The molecule has 1 aromatic carbocycles. The predicted octanol–water partition coefficient (Wildman–Crippen LogP) is 2.79. The first-order valence-electron chi connectivity index (χ1n) is 5.13. The van der Waals surface area contributed by atoms with Crippen LogP contribution >= 0.6 is 15.9 Å². The average molecular weight is 281 g/mol. The third-order valence-corrected chi connectivity index (χ3v) is 2.70. The van der Waals surface area contributed by atoms with Crippen molar-refractivity contribution < 1.29 is 5.11 Å². The molecule has 1 heterocycles. The molecule has 0 unspecified atom stereocenters. The molecule has 1 atom stereocenters. The highest BCUT2D eigenvalue weighted by Gasteiger charge is 2.03. The summed E-state index contributed by atoms with van der Waals surface area (Å²) in [6.45, 7) is 2.28. The summed E-state index contributed by atoms with van der Waals surface area (Å²) in [7, 11) is 0. The first-order chi connectivity index (χ1) is 7.66. The number of aromatic nitrogens is 1. The van der Waals surface area contributed by atoms with Crippen LogP contribution in [-0.2, 0) is 0 Å². The van der Waals surface area contributed by atoms with Crippen LogP contribution < -0.4 is 5.32 Å². The van der Waals surface area contributed by atoms with Gasteiger partial charge in [-0.2, -0.15) is 0 Å². The van der Waals surface area contributed by atoms with Gasteiger partial charge in [-0.1, -0.05) is 12.1 Å². The van der Waals surface area contributed by atoms with Crippen molar-refractivity contribution in [1.82, 2.24) is 4.98 Å². The Labute approximate surface area is 103 Å². The quantitative estimate of drug-likeness (QED) is 0.909. The van der Waals surface area contributed by atoms with Crippen molar-refractivity contribution in [3.8, 4) is 0 Å². The van der Waals surface area contributed by atoms with Gasteiger partial charge in [0.15, 0.2) is 0 Å². The largest absolute Gasteiger partial charge is 0.392 e. The lowest BCUT2D eigenvalue weighted by Gasteiger charge is -2.10. The molecule has 0 aliphatic rings. The molecule has 4 heteroatoms. The summed E-state index contributed by atoms with van der Waals surface area (Å²) in [5, 5.41) is 13.5. The van der Waals surface area contributed by atoms with Crippen molar-refractivity contribution in [3.05, 3.63) is 34.9 Å². The van der Waals surface area contributed by atoms with Crippen LogP contribution in [0.4, 0.5) is 5.69 Å². The van der Waals surface area contributed by atoms with E-state index in [4.69, 9.17) is 0 Å². The number of anilines is 1. The predicted molar refractivity (Wildman–Crippen MR) is 69.6 cm³/mol. The van der Waals surface area contributed by atoms with Crippen LogP contribution in [0.1, 0.15) is 6.92 Å². The number of para-hydroxylation sites is 1. The number of aliphatic hydroxyl groups is 1. The second kappa shape index (κ2) is 4.80. The fourth-order valence-corrected chi connectivity index (χ4v) is 1.88. The van der Waals surface area contributed by atoms with E-state index >= 15 is 0 Å². The molecule has 0 aliphatic heterocycles. The van der Waals surface area contributed by atoms with E-state index in [9.17, 15) is 5.11 Å². The average Bonchev–Trinajstić information content (AvgIpc) is 2.25. The Morgan fingerprint density at radius 1 is 1.50 bits per heavy atom. The van der Waals surface area contributed by atoms with Gasteiger partial charge in [-0.25, -0.2) is 0 Å². The third-order valence-electron chi connectivity index (χ3n) is 2.27. The van der Waals surface area contributed by atoms with Gasteiger partial charge in [-0.3, -0.25) is 4.98 Å². The minimum atomic E-state index is -0.370. The molecule has 16 heavy (non-hydrogen) atoms. The molecular weight excluding hydrogens is 268 g/mol. The fraction of sp³-hybridized carbons (Fsp3) is 0.250. The number of fused-ring (bicyclic) bond motifs is 1. The van der Waals surface area contributed by atoms with Crippen LogP contribution in [0.25, 0.3) is 10.9 Å². The summed E-state index contributed by atoms with van der Waals surface area (Å²) in [6.07, 6.45) is 1.40. The molecule has 0 saturated carbocycles. The van der Waals surface area contributed by atoms with Gasteiger partial charge in [-0.05, 0) is 35.0 Å². The van der Waals surface area contributed by atoms with E-state index in [1.54, 1.807) is 13.1 Å². The lowest BCUT2D eigenvalue weighted by atomic mass is 10.2. The Hall–Kier alpha value is -1.13. The summed E-state index contributed by atoms with van der Waals surface area (Å²) in [6, 6.07) is 7.98. The van der Waals surface area contributed by atoms with Gasteiger partial charge < -0.3 is 10.4 Å². The molecule has 0 aliphatic carbocycles. The van der Waals surface area contributed by atoms with Gasteiger partial charge in [0.05, 0.1) is 17.3 Å². The van der Waals surface area contributed by atoms with Crippen molar-refractivity contribution in [2.45, 2.75) is 13.0 Å². The lowest BCUT2D eigenvalue weighted by molar-refractivity contribution is 0.208. The molecule has 2 N–H and O–H groups in total. The second-order valence-electron chi connectivity index (χ2n) is 3.76. The maximum Gasteiger partial charge on any atom is 0.0934 e. The van der Waals surface area contributed by atoms with Gasteiger partial charge in [0.25, 0.3) is 0 Å². The van der Waals surface area contributed by atoms with Gasteiger partial charge in [0, 0.05) is 22.6 Å². The normalized spacial score (nSPS) is 12.7. The molecular formula is C12H13BrN2O. The summed E-state index contributed by atoms with van der Waals surface area (Å²) in [4.78, 5) is 4.37. The molecule has 2 rings (SSSR count). The molecule has 0 spiro atoms. The molecule has 0 saturated heterocycles. The third kappa shape index (κ3) is 2.51.